The first kappa shape index (κ1) is 11.6. The summed E-state index contributed by atoms with van der Waals surface area (Å²) in [6.45, 7) is 2.85. The second-order valence-corrected chi connectivity index (χ2v) is 5.06. The molecule has 0 aromatic heterocycles. The van der Waals surface area contributed by atoms with Gasteiger partial charge in [-0.1, -0.05) is 28.1 Å². The SMILES string of the molecule is CC(NC1CNC(=O)C1)c1ccc(Br)cc1. The van der Waals surface area contributed by atoms with Crippen molar-refractivity contribution in [3.8, 4) is 0 Å². The standard InChI is InChI=1S/C12H15BrN2O/c1-8(9-2-4-10(13)5-3-9)15-11-6-12(16)14-7-11/h2-5,8,11,15H,6-7H2,1H3,(H,14,16). The summed E-state index contributed by atoms with van der Waals surface area (Å²) < 4.78 is 1.08. The minimum absolute atomic E-state index is 0.139. The topological polar surface area (TPSA) is 41.1 Å². The molecule has 1 amide bonds. The van der Waals surface area contributed by atoms with E-state index in [-0.39, 0.29) is 18.0 Å². The first-order valence-electron chi connectivity index (χ1n) is 5.43. The molecule has 0 aliphatic carbocycles. The van der Waals surface area contributed by atoms with Gasteiger partial charge in [0.25, 0.3) is 0 Å². The van der Waals surface area contributed by atoms with Gasteiger partial charge in [-0.3, -0.25) is 4.79 Å². The van der Waals surface area contributed by atoms with E-state index < -0.39 is 0 Å². The number of halogens is 1. The van der Waals surface area contributed by atoms with Crippen molar-refractivity contribution in [1.29, 1.82) is 0 Å². The molecule has 1 aliphatic rings. The predicted molar refractivity (Wildman–Crippen MR) is 67.1 cm³/mol. The van der Waals surface area contributed by atoms with Crippen molar-refractivity contribution in [3.05, 3.63) is 34.3 Å². The quantitative estimate of drug-likeness (QED) is 0.890. The van der Waals surface area contributed by atoms with Crippen LogP contribution in [0.4, 0.5) is 0 Å². The van der Waals surface area contributed by atoms with Gasteiger partial charge >= 0.3 is 0 Å². The van der Waals surface area contributed by atoms with Gasteiger partial charge in [0.15, 0.2) is 0 Å². The van der Waals surface area contributed by atoms with Gasteiger partial charge in [-0.25, -0.2) is 0 Å². The largest absolute Gasteiger partial charge is 0.354 e. The molecule has 1 fully saturated rings. The van der Waals surface area contributed by atoms with Gasteiger partial charge in [0.2, 0.25) is 5.91 Å². The van der Waals surface area contributed by atoms with E-state index in [4.69, 9.17) is 0 Å². The normalized spacial score (nSPS) is 21.9. The van der Waals surface area contributed by atoms with E-state index in [1.54, 1.807) is 0 Å². The first-order valence-corrected chi connectivity index (χ1v) is 6.22. The maximum atomic E-state index is 11.1. The van der Waals surface area contributed by atoms with Crippen LogP contribution in [-0.4, -0.2) is 18.5 Å². The smallest absolute Gasteiger partial charge is 0.221 e. The van der Waals surface area contributed by atoms with Gasteiger partial charge in [-0.15, -0.1) is 0 Å². The van der Waals surface area contributed by atoms with E-state index in [1.165, 1.54) is 5.56 Å². The van der Waals surface area contributed by atoms with Crippen molar-refractivity contribution < 1.29 is 4.79 Å². The van der Waals surface area contributed by atoms with Gasteiger partial charge in [0.1, 0.15) is 0 Å². The fourth-order valence-corrected chi connectivity index (χ4v) is 2.19. The van der Waals surface area contributed by atoms with Crippen LogP contribution in [-0.2, 0) is 4.79 Å². The van der Waals surface area contributed by atoms with Crippen molar-refractivity contribution in [1.82, 2.24) is 10.6 Å². The Morgan fingerprint density at radius 3 is 2.69 bits per heavy atom. The third kappa shape index (κ3) is 2.83. The Labute approximate surface area is 104 Å². The fraction of sp³-hybridized carbons (Fsp3) is 0.417. The number of hydrogen-bond acceptors (Lipinski definition) is 2. The van der Waals surface area contributed by atoms with E-state index in [9.17, 15) is 4.79 Å². The summed E-state index contributed by atoms with van der Waals surface area (Å²) in [5.41, 5.74) is 1.24. The number of carbonyl (C=O) groups is 1. The zero-order valence-electron chi connectivity index (χ0n) is 9.16. The van der Waals surface area contributed by atoms with Gasteiger partial charge < -0.3 is 10.6 Å². The van der Waals surface area contributed by atoms with Crippen LogP contribution in [0.25, 0.3) is 0 Å². The van der Waals surface area contributed by atoms with Crippen LogP contribution in [0.15, 0.2) is 28.7 Å². The van der Waals surface area contributed by atoms with Gasteiger partial charge in [-0.05, 0) is 24.6 Å². The minimum atomic E-state index is 0.139. The van der Waals surface area contributed by atoms with Crippen molar-refractivity contribution in [2.24, 2.45) is 0 Å². The number of nitrogens with one attached hydrogen (secondary N) is 2. The van der Waals surface area contributed by atoms with Crippen molar-refractivity contribution >= 4 is 21.8 Å². The highest BCUT2D eigenvalue weighted by molar-refractivity contribution is 9.10. The monoisotopic (exact) mass is 282 g/mol. The van der Waals surface area contributed by atoms with E-state index in [2.05, 4.69) is 45.6 Å². The average Bonchev–Trinajstić information content (AvgIpc) is 2.65. The lowest BCUT2D eigenvalue weighted by Crippen LogP contribution is -2.33. The van der Waals surface area contributed by atoms with Crippen LogP contribution < -0.4 is 10.6 Å². The lowest BCUT2D eigenvalue weighted by molar-refractivity contribution is -0.119. The molecular weight excluding hydrogens is 268 g/mol. The molecule has 16 heavy (non-hydrogen) atoms. The Morgan fingerprint density at radius 2 is 2.12 bits per heavy atom. The van der Waals surface area contributed by atoms with Crippen LogP contribution in [0.3, 0.4) is 0 Å². The zero-order chi connectivity index (χ0) is 11.5. The second kappa shape index (κ2) is 4.97. The molecule has 4 heteroatoms. The molecule has 1 aliphatic heterocycles. The molecule has 1 aromatic carbocycles. The molecule has 0 bridgehead atoms. The number of carbonyl (C=O) groups excluding carboxylic acids is 1. The molecule has 2 unspecified atom stereocenters. The van der Waals surface area contributed by atoms with Crippen LogP contribution in [0, 0.1) is 0 Å². The molecule has 1 saturated heterocycles. The zero-order valence-corrected chi connectivity index (χ0v) is 10.8. The third-order valence-corrected chi connectivity index (χ3v) is 3.36. The highest BCUT2D eigenvalue weighted by Crippen LogP contribution is 2.17. The molecule has 2 atom stereocenters. The van der Waals surface area contributed by atoms with Gasteiger partial charge in [0.05, 0.1) is 0 Å². The molecule has 2 rings (SSSR count). The lowest BCUT2D eigenvalue weighted by Gasteiger charge is -2.18. The summed E-state index contributed by atoms with van der Waals surface area (Å²) in [5.74, 6) is 0.139. The minimum Gasteiger partial charge on any atom is -0.354 e. The summed E-state index contributed by atoms with van der Waals surface area (Å²) in [4.78, 5) is 11.1. The Hall–Kier alpha value is -0.870. The Bertz CT molecular complexity index is 377. The highest BCUT2D eigenvalue weighted by Gasteiger charge is 2.22. The summed E-state index contributed by atoms with van der Waals surface area (Å²) in [6.07, 6.45) is 0.584. The predicted octanol–water partition coefficient (Wildman–Crippen LogP) is 1.99. The Balaban J connectivity index is 1.95. The van der Waals surface area contributed by atoms with E-state index in [0.29, 0.717) is 6.42 Å². The first-order chi connectivity index (χ1) is 7.65. The Kier molecular flexibility index (Phi) is 3.61. The van der Waals surface area contributed by atoms with Crippen LogP contribution in [0.5, 0.6) is 0 Å². The highest BCUT2D eigenvalue weighted by atomic mass is 79.9. The van der Waals surface area contributed by atoms with Gasteiger partial charge in [0, 0.05) is 29.5 Å². The van der Waals surface area contributed by atoms with Crippen LogP contribution in [0.1, 0.15) is 24.9 Å². The average molecular weight is 283 g/mol. The maximum absolute atomic E-state index is 11.1. The molecular formula is C12H15BrN2O. The number of amides is 1. The van der Waals surface area contributed by atoms with Crippen molar-refractivity contribution in [3.63, 3.8) is 0 Å². The molecule has 2 N–H and O–H groups in total. The molecule has 1 heterocycles. The van der Waals surface area contributed by atoms with Crippen LogP contribution >= 0.6 is 15.9 Å². The number of rotatable bonds is 3. The molecule has 3 nitrogen and oxygen atoms in total. The van der Waals surface area contributed by atoms with E-state index >= 15 is 0 Å². The third-order valence-electron chi connectivity index (χ3n) is 2.83. The summed E-state index contributed by atoms with van der Waals surface area (Å²) in [7, 11) is 0. The fourth-order valence-electron chi connectivity index (χ4n) is 1.92. The molecule has 1 aromatic rings. The lowest BCUT2D eigenvalue weighted by atomic mass is 10.1. The van der Waals surface area contributed by atoms with E-state index in [0.717, 1.165) is 11.0 Å². The second-order valence-electron chi connectivity index (χ2n) is 4.15. The van der Waals surface area contributed by atoms with Crippen LogP contribution in [0.2, 0.25) is 0 Å². The van der Waals surface area contributed by atoms with Crippen molar-refractivity contribution in [2.45, 2.75) is 25.4 Å². The summed E-state index contributed by atoms with van der Waals surface area (Å²) in [5, 5.41) is 6.27. The summed E-state index contributed by atoms with van der Waals surface area (Å²) >= 11 is 3.42. The Morgan fingerprint density at radius 1 is 1.44 bits per heavy atom. The van der Waals surface area contributed by atoms with E-state index in [1.807, 2.05) is 12.1 Å². The van der Waals surface area contributed by atoms with Gasteiger partial charge in [-0.2, -0.15) is 0 Å². The molecule has 0 spiro atoms. The van der Waals surface area contributed by atoms with Crippen molar-refractivity contribution in [2.75, 3.05) is 6.54 Å². The molecule has 86 valence electrons. The number of hydrogen-bond donors (Lipinski definition) is 2. The summed E-state index contributed by atoms with van der Waals surface area (Å²) in [6, 6.07) is 8.77. The number of benzene rings is 1. The molecule has 0 radical (unpaired) electrons. The maximum Gasteiger partial charge on any atom is 0.221 e. The molecule has 0 saturated carbocycles.